The van der Waals surface area contributed by atoms with Crippen molar-refractivity contribution in [1.29, 1.82) is 0 Å². The monoisotopic (exact) mass is 287 g/mol. The highest BCUT2D eigenvalue weighted by molar-refractivity contribution is 5.39. The van der Waals surface area contributed by atoms with Gasteiger partial charge in [0.1, 0.15) is 12.4 Å². The quantitative estimate of drug-likeness (QED) is 0.880. The number of nitrogens with zero attached hydrogens (tertiary/aromatic N) is 2. The molecule has 1 heterocycles. The Morgan fingerprint density at radius 1 is 1.29 bits per heavy atom. The maximum Gasteiger partial charge on any atom is 0.132 e. The maximum atomic E-state index is 6.00. The fourth-order valence-corrected chi connectivity index (χ4v) is 2.18. The van der Waals surface area contributed by atoms with Crippen LogP contribution in [0.15, 0.2) is 30.5 Å². The van der Waals surface area contributed by atoms with Gasteiger partial charge in [-0.25, -0.2) is 0 Å². The van der Waals surface area contributed by atoms with Crippen LogP contribution in [0.5, 0.6) is 5.75 Å². The number of hydrogen-bond donors (Lipinski definition) is 1. The minimum absolute atomic E-state index is 0.0433. The van der Waals surface area contributed by atoms with E-state index in [9.17, 15) is 0 Å². The highest BCUT2D eigenvalue weighted by atomic mass is 16.5. The van der Waals surface area contributed by atoms with Crippen molar-refractivity contribution >= 4 is 0 Å². The van der Waals surface area contributed by atoms with Gasteiger partial charge in [-0.15, -0.1) is 0 Å². The van der Waals surface area contributed by atoms with E-state index in [1.807, 2.05) is 36.0 Å². The fourth-order valence-electron chi connectivity index (χ4n) is 2.18. The molecule has 2 atom stereocenters. The second kappa shape index (κ2) is 6.76. The molecule has 1 aromatic carbocycles. The van der Waals surface area contributed by atoms with Crippen LogP contribution in [-0.4, -0.2) is 9.78 Å². The van der Waals surface area contributed by atoms with E-state index in [1.54, 1.807) is 0 Å². The Labute approximate surface area is 126 Å². The van der Waals surface area contributed by atoms with Crippen molar-refractivity contribution in [1.82, 2.24) is 9.78 Å². The zero-order valence-electron chi connectivity index (χ0n) is 13.3. The zero-order valence-corrected chi connectivity index (χ0v) is 13.3. The molecule has 0 aliphatic rings. The van der Waals surface area contributed by atoms with Gasteiger partial charge in [0, 0.05) is 23.8 Å². The van der Waals surface area contributed by atoms with Gasteiger partial charge >= 0.3 is 0 Å². The Morgan fingerprint density at radius 2 is 2.05 bits per heavy atom. The first-order chi connectivity index (χ1) is 10.0. The molecule has 1 aromatic heterocycles. The Morgan fingerprint density at radius 3 is 2.71 bits per heavy atom. The first-order valence-corrected chi connectivity index (χ1v) is 7.54. The summed E-state index contributed by atoms with van der Waals surface area (Å²) in [6, 6.07) is 8.50. The third-order valence-electron chi connectivity index (χ3n) is 3.74. The molecule has 0 amide bonds. The largest absolute Gasteiger partial charge is 0.487 e. The number of nitrogens with two attached hydrogens (primary N) is 1. The first-order valence-electron chi connectivity index (χ1n) is 7.54. The number of benzene rings is 1. The van der Waals surface area contributed by atoms with Crippen molar-refractivity contribution in [3.05, 3.63) is 47.3 Å². The van der Waals surface area contributed by atoms with Crippen molar-refractivity contribution in [2.45, 2.75) is 52.8 Å². The van der Waals surface area contributed by atoms with Gasteiger partial charge in [-0.2, -0.15) is 5.10 Å². The van der Waals surface area contributed by atoms with Gasteiger partial charge in [-0.1, -0.05) is 19.1 Å². The van der Waals surface area contributed by atoms with E-state index in [4.69, 9.17) is 10.5 Å². The molecule has 0 saturated heterocycles. The lowest BCUT2D eigenvalue weighted by Gasteiger charge is -2.14. The molecule has 0 fully saturated rings. The number of hydrogen-bond acceptors (Lipinski definition) is 3. The standard InChI is InChI=1S/C17H25N3O/c1-5-13(3)20-9-8-15(19-20)11-21-17-10-12(2)6-7-16(17)14(4)18/h6-10,13-14H,5,11,18H2,1-4H3. The van der Waals surface area contributed by atoms with Gasteiger partial charge < -0.3 is 10.5 Å². The summed E-state index contributed by atoms with van der Waals surface area (Å²) in [7, 11) is 0. The Kier molecular flexibility index (Phi) is 5.02. The molecule has 21 heavy (non-hydrogen) atoms. The molecule has 4 nitrogen and oxygen atoms in total. The van der Waals surface area contributed by atoms with E-state index >= 15 is 0 Å². The Bertz CT molecular complexity index is 589. The van der Waals surface area contributed by atoms with Crippen molar-refractivity contribution in [2.24, 2.45) is 5.73 Å². The van der Waals surface area contributed by atoms with Crippen molar-refractivity contribution in [2.75, 3.05) is 0 Å². The van der Waals surface area contributed by atoms with Gasteiger partial charge in [0.2, 0.25) is 0 Å². The Balaban J connectivity index is 2.09. The highest BCUT2D eigenvalue weighted by Gasteiger charge is 2.10. The van der Waals surface area contributed by atoms with Crippen LogP contribution in [0.25, 0.3) is 0 Å². The molecule has 0 radical (unpaired) electrons. The molecule has 0 aliphatic heterocycles. The lowest BCUT2D eigenvalue weighted by Crippen LogP contribution is -2.09. The van der Waals surface area contributed by atoms with Gasteiger partial charge in [-0.3, -0.25) is 4.68 Å². The smallest absolute Gasteiger partial charge is 0.132 e. The number of rotatable bonds is 6. The normalized spacial score (nSPS) is 14.0. The SMILES string of the molecule is CCC(C)n1ccc(COc2cc(C)ccc2C(C)N)n1. The summed E-state index contributed by atoms with van der Waals surface area (Å²) in [4.78, 5) is 0. The highest BCUT2D eigenvalue weighted by Crippen LogP contribution is 2.25. The number of aromatic nitrogens is 2. The third kappa shape index (κ3) is 3.85. The van der Waals surface area contributed by atoms with Crippen LogP contribution in [-0.2, 0) is 6.61 Å². The van der Waals surface area contributed by atoms with Gasteiger partial charge in [0.15, 0.2) is 0 Å². The van der Waals surface area contributed by atoms with E-state index in [0.717, 1.165) is 23.4 Å². The molecule has 2 aromatic rings. The molecule has 2 rings (SSSR count). The summed E-state index contributed by atoms with van der Waals surface area (Å²) in [5, 5.41) is 4.55. The minimum atomic E-state index is -0.0433. The minimum Gasteiger partial charge on any atom is -0.487 e. The average molecular weight is 287 g/mol. The topological polar surface area (TPSA) is 53.1 Å². The lowest BCUT2D eigenvalue weighted by molar-refractivity contribution is 0.293. The van der Waals surface area contributed by atoms with Crippen LogP contribution in [0.4, 0.5) is 0 Å². The predicted octanol–water partition coefficient (Wildman–Crippen LogP) is 3.76. The molecule has 2 N–H and O–H groups in total. The summed E-state index contributed by atoms with van der Waals surface area (Å²) in [5.41, 5.74) is 9.13. The van der Waals surface area contributed by atoms with Crippen LogP contribution in [0.1, 0.15) is 56.1 Å². The van der Waals surface area contributed by atoms with Gasteiger partial charge in [0.25, 0.3) is 0 Å². The summed E-state index contributed by atoms with van der Waals surface area (Å²) in [5.74, 6) is 0.850. The van der Waals surface area contributed by atoms with Crippen LogP contribution in [0, 0.1) is 6.92 Å². The number of ether oxygens (including phenoxy) is 1. The molecular formula is C17H25N3O. The molecule has 114 valence electrons. The van der Waals surface area contributed by atoms with Crippen LogP contribution < -0.4 is 10.5 Å². The lowest BCUT2D eigenvalue weighted by atomic mass is 10.1. The molecule has 4 heteroatoms. The molecule has 0 saturated carbocycles. The van der Waals surface area contributed by atoms with Crippen molar-refractivity contribution in [3.8, 4) is 5.75 Å². The van der Waals surface area contributed by atoms with Crippen LogP contribution in [0.3, 0.4) is 0 Å². The van der Waals surface area contributed by atoms with Crippen molar-refractivity contribution < 1.29 is 4.74 Å². The molecule has 0 bridgehead atoms. The molecule has 0 aliphatic carbocycles. The zero-order chi connectivity index (χ0) is 15.4. The van der Waals surface area contributed by atoms with Gasteiger partial charge in [-0.05, 0) is 44.9 Å². The molecule has 0 spiro atoms. The second-order valence-electron chi connectivity index (χ2n) is 5.66. The van der Waals surface area contributed by atoms with Gasteiger partial charge in [0.05, 0.1) is 5.69 Å². The van der Waals surface area contributed by atoms with Crippen molar-refractivity contribution in [3.63, 3.8) is 0 Å². The third-order valence-corrected chi connectivity index (χ3v) is 3.74. The summed E-state index contributed by atoms with van der Waals surface area (Å²) in [6.45, 7) is 8.80. The van der Waals surface area contributed by atoms with E-state index in [0.29, 0.717) is 12.6 Å². The van der Waals surface area contributed by atoms with E-state index in [2.05, 4.69) is 31.9 Å². The molecular weight excluding hydrogens is 262 g/mol. The first kappa shape index (κ1) is 15.6. The predicted molar refractivity (Wildman–Crippen MR) is 85.3 cm³/mol. The second-order valence-corrected chi connectivity index (χ2v) is 5.66. The molecule has 2 unspecified atom stereocenters. The van der Waals surface area contributed by atoms with Crippen LogP contribution >= 0.6 is 0 Å². The fraction of sp³-hybridized carbons (Fsp3) is 0.471. The Hall–Kier alpha value is -1.81. The summed E-state index contributed by atoms with van der Waals surface area (Å²) < 4.78 is 7.92. The maximum absolute atomic E-state index is 6.00. The van der Waals surface area contributed by atoms with Crippen LogP contribution in [0.2, 0.25) is 0 Å². The summed E-state index contributed by atoms with van der Waals surface area (Å²) >= 11 is 0. The summed E-state index contributed by atoms with van der Waals surface area (Å²) in [6.07, 6.45) is 3.07. The van der Waals surface area contributed by atoms with E-state index < -0.39 is 0 Å². The number of aryl methyl sites for hydroxylation is 1. The van der Waals surface area contributed by atoms with E-state index in [-0.39, 0.29) is 6.04 Å². The van der Waals surface area contributed by atoms with E-state index in [1.165, 1.54) is 5.56 Å². The average Bonchev–Trinajstić information content (AvgIpc) is 2.93.